The van der Waals surface area contributed by atoms with Crippen molar-refractivity contribution < 1.29 is 4.74 Å². The quantitative estimate of drug-likeness (QED) is 0.931. The Labute approximate surface area is 118 Å². The molecule has 0 amide bonds. The predicted octanol–water partition coefficient (Wildman–Crippen LogP) is 2.54. The van der Waals surface area contributed by atoms with E-state index in [4.69, 9.17) is 10.5 Å². The number of nitrogens with zero attached hydrogens (tertiary/aromatic N) is 2. The zero-order valence-electron chi connectivity index (χ0n) is 11.8. The summed E-state index contributed by atoms with van der Waals surface area (Å²) in [6, 6.07) is 12.6. The first-order valence-electron chi connectivity index (χ1n) is 6.88. The summed E-state index contributed by atoms with van der Waals surface area (Å²) in [7, 11) is 1.71. The van der Waals surface area contributed by atoms with Gasteiger partial charge in [0.1, 0.15) is 5.75 Å². The van der Waals surface area contributed by atoms with Gasteiger partial charge in [0.25, 0.3) is 0 Å². The maximum Gasteiger partial charge on any atom is 0.191 e. The van der Waals surface area contributed by atoms with Gasteiger partial charge in [-0.2, -0.15) is 0 Å². The Kier molecular flexibility index (Phi) is 3.22. The van der Waals surface area contributed by atoms with Crippen LogP contribution in [-0.2, 0) is 0 Å². The summed E-state index contributed by atoms with van der Waals surface area (Å²) in [6.07, 6.45) is 0. The zero-order valence-corrected chi connectivity index (χ0v) is 11.8. The number of likely N-dealkylation sites (N-methyl/N-ethyl adjacent to an activating group) is 1. The normalized spacial score (nSPS) is 18.4. The highest BCUT2D eigenvalue weighted by molar-refractivity contribution is 5.90. The molecule has 1 aliphatic rings. The third-order valence-corrected chi connectivity index (χ3v) is 3.92. The molecule has 4 heteroatoms. The Balaban J connectivity index is 2.19. The average molecular weight is 269 g/mol. The smallest absolute Gasteiger partial charge is 0.191 e. The number of nitrogens with two attached hydrogens (primary N) is 1. The van der Waals surface area contributed by atoms with Gasteiger partial charge in [0.15, 0.2) is 5.96 Å². The van der Waals surface area contributed by atoms with E-state index in [1.807, 2.05) is 6.07 Å². The van der Waals surface area contributed by atoms with Crippen LogP contribution in [0.4, 0.5) is 0 Å². The molecule has 0 bridgehead atoms. The lowest BCUT2D eigenvalue weighted by molar-refractivity contribution is 0.345. The summed E-state index contributed by atoms with van der Waals surface area (Å²) in [5.41, 5.74) is 7.17. The van der Waals surface area contributed by atoms with Gasteiger partial charge >= 0.3 is 0 Å². The molecule has 0 aliphatic carbocycles. The van der Waals surface area contributed by atoms with Gasteiger partial charge in [-0.15, -0.1) is 0 Å². The van der Waals surface area contributed by atoms with Crippen LogP contribution < -0.4 is 10.5 Å². The molecule has 4 nitrogen and oxygen atoms in total. The van der Waals surface area contributed by atoms with Crippen molar-refractivity contribution in [3.63, 3.8) is 0 Å². The maximum atomic E-state index is 5.99. The third-order valence-electron chi connectivity index (χ3n) is 3.92. The van der Waals surface area contributed by atoms with Gasteiger partial charge in [0.05, 0.1) is 19.7 Å². The summed E-state index contributed by atoms with van der Waals surface area (Å²) < 4.78 is 5.58. The van der Waals surface area contributed by atoms with E-state index < -0.39 is 0 Å². The molecule has 2 N–H and O–H groups in total. The topological polar surface area (TPSA) is 50.8 Å². The second kappa shape index (κ2) is 5.04. The highest BCUT2D eigenvalue weighted by Gasteiger charge is 2.29. The van der Waals surface area contributed by atoms with E-state index in [9.17, 15) is 0 Å². The van der Waals surface area contributed by atoms with Crippen LogP contribution in [0, 0.1) is 0 Å². The minimum Gasteiger partial charge on any atom is -0.496 e. The van der Waals surface area contributed by atoms with Crippen LogP contribution >= 0.6 is 0 Å². The fourth-order valence-corrected chi connectivity index (χ4v) is 2.96. The van der Waals surface area contributed by atoms with Gasteiger partial charge in [-0.1, -0.05) is 30.3 Å². The van der Waals surface area contributed by atoms with Gasteiger partial charge in [0.2, 0.25) is 0 Å². The number of benzene rings is 2. The molecule has 0 fully saturated rings. The lowest BCUT2D eigenvalue weighted by Gasteiger charge is -2.27. The number of hydrogen-bond donors (Lipinski definition) is 1. The highest BCUT2D eigenvalue weighted by Crippen LogP contribution is 2.37. The number of guanidine groups is 1. The Hall–Kier alpha value is -2.23. The third kappa shape index (κ3) is 1.88. The van der Waals surface area contributed by atoms with E-state index in [-0.39, 0.29) is 6.04 Å². The van der Waals surface area contributed by atoms with E-state index in [1.54, 1.807) is 7.11 Å². The van der Waals surface area contributed by atoms with E-state index in [2.05, 4.69) is 47.1 Å². The van der Waals surface area contributed by atoms with Gasteiger partial charge in [-0.25, -0.2) is 0 Å². The maximum absolute atomic E-state index is 5.99. The van der Waals surface area contributed by atoms with E-state index >= 15 is 0 Å². The molecular weight excluding hydrogens is 250 g/mol. The molecule has 20 heavy (non-hydrogen) atoms. The SMILES string of the molecule is CCN1C(N)=NCC1c1c(OC)ccc2ccccc12. The molecule has 0 radical (unpaired) electrons. The molecule has 104 valence electrons. The van der Waals surface area contributed by atoms with Crippen molar-refractivity contribution in [1.82, 2.24) is 4.90 Å². The number of hydrogen-bond acceptors (Lipinski definition) is 4. The molecule has 1 aliphatic heterocycles. The Bertz CT molecular complexity index is 666. The van der Waals surface area contributed by atoms with Crippen LogP contribution in [0.1, 0.15) is 18.5 Å². The van der Waals surface area contributed by atoms with E-state index in [1.165, 1.54) is 16.3 Å². The average Bonchev–Trinajstić information content (AvgIpc) is 2.86. The molecular formula is C16H19N3O. The molecule has 1 heterocycles. The summed E-state index contributed by atoms with van der Waals surface area (Å²) in [4.78, 5) is 6.52. The number of aliphatic imine (C=N–C) groups is 1. The molecule has 1 atom stereocenters. The fraction of sp³-hybridized carbons (Fsp3) is 0.312. The molecule has 0 aromatic heterocycles. The highest BCUT2D eigenvalue weighted by atomic mass is 16.5. The minimum absolute atomic E-state index is 0.154. The van der Waals surface area contributed by atoms with Crippen LogP contribution in [0.5, 0.6) is 5.75 Å². The van der Waals surface area contributed by atoms with Gasteiger partial charge in [0, 0.05) is 12.1 Å². The van der Waals surface area contributed by atoms with Crippen molar-refractivity contribution in [2.45, 2.75) is 13.0 Å². The van der Waals surface area contributed by atoms with Crippen LogP contribution in [0.15, 0.2) is 41.4 Å². The van der Waals surface area contributed by atoms with Crippen LogP contribution in [0.3, 0.4) is 0 Å². The molecule has 1 unspecified atom stereocenters. The van der Waals surface area contributed by atoms with Crippen molar-refractivity contribution in [2.24, 2.45) is 10.7 Å². The van der Waals surface area contributed by atoms with Crippen molar-refractivity contribution in [1.29, 1.82) is 0 Å². The second-order valence-corrected chi connectivity index (χ2v) is 4.90. The first kappa shape index (κ1) is 12.8. The van der Waals surface area contributed by atoms with E-state index in [0.717, 1.165) is 12.3 Å². The Morgan fingerprint density at radius 2 is 2.10 bits per heavy atom. The molecule has 0 spiro atoms. The number of ether oxygens (including phenoxy) is 1. The summed E-state index contributed by atoms with van der Waals surface area (Å²) in [6.45, 7) is 3.62. The minimum atomic E-state index is 0.154. The van der Waals surface area contributed by atoms with Crippen LogP contribution in [0.25, 0.3) is 10.8 Å². The zero-order chi connectivity index (χ0) is 14.1. The Morgan fingerprint density at radius 1 is 1.30 bits per heavy atom. The number of methoxy groups -OCH3 is 1. The standard InChI is InChI=1S/C16H19N3O/c1-3-19-13(10-18-16(19)17)15-12-7-5-4-6-11(12)8-9-14(15)20-2/h4-9,13H,3,10H2,1-2H3,(H2,17,18). The first-order chi connectivity index (χ1) is 9.76. The second-order valence-electron chi connectivity index (χ2n) is 4.90. The molecule has 0 saturated carbocycles. The lowest BCUT2D eigenvalue weighted by Crippen LogP contribution is -2.36. The number of rotatable bonds is 3. The summed E-state index contributed by atoms with van der Waals surface area (Å²) in [5.74, 6) is 1.52. The van der Waals surface area contributed by atoms with Crippen molar-refractivity contribution in [2.75, 3.05) is 20.2 Å². The van der Waals surface area contributed by atoms with E-state index in [0.29, 0.717) is 12.5 Å². The molecule has 2 aromatic carbocycles. The fourth-order valence-electron chi connectivity index (χ4n) is 2.96. The summed E-state index contributed by atoms with van der Waals surface area (Å²) >= 11 is 0. The first-order valence-corrected chi connectivity index (χ1v) is 6.88. The van der Waals surface area contributed by atoms with Gasteiger partial charge in [-0.3, -0.25) is 4.99 Å². The summed E-state index contributed by atoms with van der Waals surface area (Å²) in [5, 5.41) is 2.42. The predicted molar refractivity (Wildman–Crippen MR) is 82.1 cm³/mol. The van der Waals surface area contributed by atoms with Crippen LogP contribution in [0.2, 0.25) is 0 Å². The van der Waals surface area contributed by atoms with Crippen LogP contribution in [-0.4, -0.2) is 31.1 Å². The van der Waals surface area contributed by atoms with Crippen molar-refractivity contribution in [3.05, 3.63) is 42.0 Å². The van der Waals surface area contributed by atoms with Gasteiger partial charge in [-0.05, 0) is 23.8 Å². The Morgan fingerprint density at radius 3 is 2.85 bits per heavy atom. The molecule has 2 aromatic rings. The number of fused-ring (bicyclic) bond motifs is 1. The molecule has 0 saturated heterocycles. The van der Waals surface area contributed by atoms with Crippen molar-refractivity contribution in [3.8, 4) is 5.75 Å². The molecule has 3 rings (SSSR count). The van der Waals surface area contributed by atoms with Gasteiger partial charge < -0.3 is 15.4 Å². The monoisotopic (exact) mass is 269 g/mol. The largest absolute Gasteiger partial charge is 0.496 e. The lowest BCUT2D eigenvalue weighted by atomic mass is 9.97. The van der Waals surface area contributed by atoms with Crippen molar-refractivity contribution >= 4 is 16.7 Å².